The maximum Gasteiger partial charge on any atom is 0.225 e. The molecule has 3 nitrogen and oxygen atoms in total. The molecule has 2 aliphatic rings. The average molecular weight is 224 g/mol. The van der Waals surface area contributed by atoms with Crippen LogP contribution in [0.2, 0.25) is 0 Å². The smallest absolute Gasteiger partial charge is 0.225 e. The number of nitrogens with one attached hydrogen (secondary N) is 1. The Morgan fingerprint density at radius 2 is 2.25 bits per heavy atom. The normalized spacial score (nSPS) is 32.0. The Hall–Kier alpha value is -0.570. The number of carbonyl (C=O) groups is 1. The van der Waals surface area contributed by atoms with Crippen molar-refractivity contribution in [1.29, 1.82) is 0 Å². The third-order valence-electron chi connectivity index (χ3n) is 4.18. The largest absolute Gasteiger partial charge is 0.338 e. The molecule has 2 fully saturated rings. The first-order chi connectivity index (χ1) is 7.74. The average Bonchev–Trinajstić information content (AvgIpc) is 2.95. The summed E-state index contributed by atoms with van der Waals surface area (Å²) in [4.78, 5) is 14.4. The molecule has 0 saturated carbocycles. The lowest BCUT2D eigenvalue weighted by Crippen LogP contribution is -2.48. The fourth-order valence-electron chi connectivity index (χ4n) is 2.98. The molecule has 3 atom stereocenters. The van der Waals surface area contributed by atoms with Gasteiger partial charge in [0.2, 0.25) is 5.91 Å². The molecule has 1 amide bonds. The van der Waals surface area contributed by atoms with Crippen LogP contribution in [-0.2, 0) is 4.79 Å². The van der Waals surface area contributed by atoms with Crippen LogP contribution in [-0.4, -0.2) is 36.0 Å². The highest BCUT2D eigenvalue weighted by Gasteiger charge is 2.36. The number of hydrogen-bond acceptors (Lipinski definition) is 2. The van der Waals surface area contributed by atoms with Gasteiger partial charge in [-0.15, -0.1) is 0 Å². The fraction of sp³-hybridized carbons (Fsp3) is 0.923. The number of amides is 1. The minimum atomic E-state index is 0.196. The van der Waals surface area contributed by atoms with Crippen molar-refractivity contribution in [3.05, 3.63) is 0 Å². The molecular weight excluding hydrogens is 200 g/mol. The van der Waals surface area contributed by atoms with E-state index in [1.165, 1.54) is 25.7 Å². The van der Waals surface area contributed by atoms with E-state index in [-0.39, 0.29) is 5.92 Å². The molecule has 2 rings (SSSR count). The van der Waals surface area contributed by atoms with E-state index in [4.69, 9.17) is 0 Å². The van der Waals surface area contributed by atoms with Crippen LogP contribution in [0, 0.1) is 5.92 Å². The van der Waals surface area contributed by atoms with Crippen LogP contribution in [0.25, 0.3) is 0 Å². The molecule has 0 bridgehead atoms. The van der Waals surface area contributed by atoms with Gasteiger partial charge in [-0.25, -0.2) is 0 Å². The van der Waals surface area contributed by atoms with Gasteiger partial charge in [0, 0.05) is 24.5 Å². The Bertz CT molecular complexity index is 248. The van der Waals surface area contributed by atoms with E-state index in [2.05, 4.69) is 24.1 Å². The molecule has 3 unspecified atom stereocenters. The van der Waals surface area contributed by atoms with E-state index in [0.29, 0.717) is 18.0 Å². The first-order valence-corrected chi connectivity index (χ1v) is 6.78. The van der Waals surface area contributed by atoms with Crippen molar-refractivity contribution in [2.24, 2.45) is 5.92 Å². The molecule has 0 radical (unpaired) electrons. The molecule has 2 aliphatic heterocycles. The second kappa shape index (κ2) is 5.17. The van der Waals surface area contributed by atoms with Crippen LogP contribution in [0.5, 0.6) is 0 Å². The Labute approximate surface area is 98.6 Å². The first kappa shape index (κ1) is 11.9. The molecule has 3 heteroatoms. The zero-order chi connectivity index (χ0) is 11.5. The van der Waals surface area contributed by atoms with Crippen molar-refractivity contribution < 1.29 is 4.79 Å². The number of nitrogens with zero attached hydrogens (tertiary/aromatic N) is 1. The Morgan fingerprint density at radius 1 is 1.44 bits per heavy atom. The summed E-state index contributed by atoms with van der Waals surface area (Å²) in [5.41, 5.74) is 0. The molecule has 2 saturated heterocycles. The van der Waals surface area contributed by atoms with E-state index in [1.54, 1.807) is 0 Å². The van der Waals surface area contributed by atoms with Gasteiger partial charge in [-0.2, -0.15) is 0 Å². The van der Waals surface area contributed by atoms with Gasteiger partial charge in [-0.1, -0.05) is 13.8 Å². The van der Waals surface area contributed by atoms with Gasteiger partial charge in [0.1, 0.15) is 0 Å². The molecule has 0 spiro atoms. The Balaban J connectivity index is 1.99. The second-order valence-electron chi connectivity index (χ2n) is 5.25. The van der Waals surface area contributed by atoms with E-state index in [1.807, 2.05) is 0 Å². The van der Waals surface area contributed by atoms with E-state index >= 15 is 0 Å². The van der Waals surface area contributed by atoms with Crippen LogP contribution < -0.4 is 5.32 Å². The number of likely N-dealkylation sites (tertiary alicyclic amines) is 1. The van der Waals surface area contributed by atoms with Crippen molar-refractivity contribution >= 4 is 5.91 Å². The number of hydrogen-bond donors (Lipinski definition) is 1. The van der Waals surface area contributed by atoms with Gasteiger partial charge >= 0.3 is 0 Å². The van der Waals surface area contributed by atoms with Gasteiger partial charge < -0.3 is 10.2 Å². The highest BCUT2D eigenvalue weighted by molar-refractivity contribution is 5.79. The Morgan fingerprint density at radius 3 is 2.88 bits per heavy atom. The number of rotatable bonds is 3. The van der Waals surface area contributed by atoms with Gasteiger partial charge in [0.15, 0.2) is 0 Å². The van der Waals surface area contributed by atoms with Crippen molar-refractivity contribution in [1.82, 2.24) is 10.2 Å². The summed E-state index contributed by atoms with van der Waals surface area (Å²) in [6, 6.07) is 1.04. The topological polar surface area (TPSA) is 32.3 Å². The minimum Gasteiger partial charge on any atom is -0.338 e. The molecule has 92 valence electrons. The summed E-state index contributed by atoms with van der Waals surface area (Å²) in [6.45, 7) is 6.26. The van der Waals surface area contributed by atoms with Crippen molar-refractivity contribution in [2.75, 3.05) is 13.1 Å². The van der Waals surface area contributed by atoms with Crippen LogP contribution in [0.3, 0.4) is 0 Å². The van der Waals surface area contributed by atoms with Crippen molar-refractivity contribution in [3.8, 4) is 0 Å². The van der Waals surface area contributed by atoms with Crippen LogP contribution in [0.4, 0.5) is 0 Å². The van der Waals surface area contributed by atoms with Crippen LogP contribution >= 0.6 is 0 Å². The summed E-state index contributed by atoms with van der Waals surface area (Å²) in [5, 5.41) is 3.55. The summed E-state index contributed by atoms with van der Waals surface area (Å²) < 4.78 is 0. The highest BCUT2D eigenvalue weighted by atomic mass is 16.2. The third kappa shape index (κ3) is 2.24. The quantitative estimate of drug-likeness (QED) is 0.792. The molecule has 0 aromatic carbocycles. The van der Waals surface area contributed by atoms with Crippen molar-refractivity contribution in [2.45, 2.75) is 58.0 Å². The SMILES string of the molecule is CCC(C)C(=O)N1CCCC1C1CCCN1. The number of carbonyl (C=O) groups excluding carboxylic acids is 1. The zero-order valence-corrected chi connectivity index (χ0v) is 10.5. The minimum absolute atomic E-state index is 0.196. The molecule has 0 aliphatic carbocycles. The fourth-order valence-corrected chi connectivity index (χ4v) is 2.98. The summed E-state index contributed by atoms with van der Waals surface area (Å²) in [7, 11) is 0. The van der Waals surface area contributed by atoms with Gasteiger partial charge in [0.25, 0.3) is 0 Å². The summed E-state index contributed by atoms with van der Waals surface area (Å²) in [5.74, 6) is 0.570. The summed E-state index contributed by atoms with van der Waals surface area (Å²) >= 11 is 0. The van der Waals surface area contributed by atoms with E-state index < -0.39 is 0 Å². The van der Waals surface area contributed by atoms with Crippen molar-refractivity contribution in [3.63, 3.8) is 0 Å². The molecule has 0 aromatic rings. The van der Waals surface area contributed by atoms with Crippen LogP contribution in [0.15, 0.2) is 0 Å². The molecule has 1 N–H and O–H groups in total. The van der Waals surface area contributed by atoms with Gasteiger partial charge in [-0.3, -0.25) is 4.79 Å². The predicted octanol–water partition coefficient (Wildman–Crippen LogP) is 1.78. The maximum absolute atomic E-state index is 12.2. The molecule has 2 heterocycles. The van der Waals surface area contributed by atoms with Crippen LogP contribution in [0.1, 0.15) is 46.0 Å². The first-order valence-electron chi connectivity index (χ1n) is 6.78. The monoisotopic (exact) mass is 224 g/mol. The van der Waals surface area contributed by atoms with Gasteiger partial charge in [-0.05, 0) is 38.6 Å². The highest BCUT2D eigenvalue weighted by Crippen LogP contribution is 2.26. The summed E-state index contributed by atoms with van der Waals surface area (Å²) in [6.07, 6.45) is 5.85. The van der Waals surface area contributed by atoms with Gasteiger partial charge in [0.05, 0.1) is 0 Å². The second-order valence-corrected chi connectivity index (χ2v) is 5.25. The van der Waals surface area contributed by atoms with E-state index in [9.17, 15) is 4.79 Å². The van der Waals surface area contributed by atoms with E-state index in [0.717, 1.165) is 19.5 Å². The standard InChI is InChI=1S/C13H24N2O/c1-3-10(2)13(16)15-9-5-7-12(15)11-6-4-8-14-11/h10-12,14H,3-9H2,1-2H3. The molecule has 0 aromatic heterocycles. The maximum atomic E-state index is 12.2. The molecule has 16 heavy (non-hydrogen) atoms. The molecular formula is C13H24N2O. The third-order valence-corrected chi connectivity index (χ3v) is 4.18. The lowest BCUT2D eigenvalue weighted by atomic mass is 10.0. The lowest BCUT2D eigenvalue weighted by Gasteiger charge is -2.31. The Kier molecular flexibility index (Phi) is 3.85. The predicted molar refractivity (Wildman–Crippen MR) is 65.2 cm³/mol. The lowest BCUT2D eigenvalue weighted by molar-refractivity contribution is -0.136. The zero-order valence-electron chi connectivity index (χ0n) is 10.5.